The number of methoxy groups -OCH3 is 1. The van der Waals surface area contributed by atoms with Gasteiger partial charge in [0.05, 0.1) is 74.3 Å². The molecule has 21 atom stereocenters. The predicted molar refractivity (Wildman–Crippen MR) is 352 cm³/mol. The van der Waals surface area contributed by atoms with Crippen molar-refractivity contribution in [1.29, 1.82) is 0 Å². The number of benzene rings is 2. The number of unbranched alkanes of at least 4 members (excludes halogenated alkanes) is 6. The molecule has 0 radical (unpaired) electrons. The highest BCUT2D eigenvalue weighted by atomic mass is 16.7. The first-order valence-electron chi connectivity index (χ1n) is 35.0. The number of hydrogen-bond donors (Lipinski definition) is 17. The molecular weight excluding hydrogens is 1360 g/mol. The maximum atomic E-state index is 14.1. The number of hydrazone groups is 1. The topological polar surface area (TPSA) is 545 Å². The van der Waals surface area contributed by atoms with Crippen LogP contribution >= 0.6 is 0 Å². The van der Waals surface area contributed by atoms with Gasteiger partial charge in [0.1, 0.15) is 96.0 Å². The van der Waals surface area contributed by atoms with E-state index in [4.69, 9.17) is 53.5 Å². The molecule has 1 aromatic heterocycles. The van der Waals surface area contributed by atoms with Crippen molar-refractivity contribution in [3.05, 3.63) is 69.0 Å². The van der Waals surface area contributed by atoms with Crippen LogP contribution in [0.2, 0.25) is 0 Å². The van der Waals surface area contributed by atoms with E-state index in [-0.39, 0.29) is 91.7 Å². The number of rotatable bonds is 35. The summed E-state index contributed by atoms with van der Waals surface area (Å²) in [6, 6.07) is 4.00. The Morgan fingerprint density at radius 3 is 1.91 bits per heavy atom. The molecule has 0 bridgehead atoms. The molecule has 2 amide bonds. The van der Waals surface area contributed by atoms with Gasteiger partial charge >= 0.3 is 5.97 Å². The number of aliphatic hydroxyl groups is 11. The number of aromatic nitrogens is 3. The number of carboxylic acids is 1. The van der Waals surface area contributed by atoms with Crippen LogP contribution in [0.5, 0.6) is 11.5 Å². The van der Waals surface area contributed by atoms with Gasteiger partial charge in [-0.1, -0.05) is 49.6 Å². The molecule has 3 saturated heterocycles. The molecule has 3 aliphatic carbocycles. The first-order chi connectivity index (χ1) is 49.2. The molecule has 18 N–H and O–H groups in total. The number of aliphatic hydroxyl groups excluding tert-OH is 10. The third kappa shape index (κ3) is 19.3. The van der Waals surface area contributed by atoms with Gasteiger partial charge < -0.3 is 125 Å². The summed E-state index contributed by atoms with van der Waals surface area (Å²) in [5.41, 5.74) is 6.25. The lowest BCUT2D eigenvalue weighted by Crippen LogP contribution is -2.63. The Hall–Kier alpha value is -6.24. The van der Waals surface area contributed by atoms with Crippen molar-refractivity contribution in [2.24, 2.45) is 16.8 Å². The summed E-state index contributed by atoms with van der Waals surface area (Å²) in [5, 5.41) is 168. The van der Waals surface area contributed by atoms with Gasteiger partial charge in [-0.25, -0.2) is 5.43 Å². The van der Waals surface area contributed by atoms with Crippen LogP contribution in [0.25, 0.3) is 0 Å². The van der Waals surface area contributed by atoms with Crippen molar-refractivity contribution < 1.29 is 138 Å². The number of ketones is 2. The second-order valence-corrected chi connectivity index (χ2v) is 27.4. The standard InChI is InChI=1S/C68H99N7O28/c1-32-14-13-15-36-47(32)55(86)50-49(52(36)83)53(84)37-24-68(94,25-39(48(37)56(50)87)100-35-22-33(2)51(82)38(69)23-35)43(29-77)72-73-45(79)17-7-4-10-19-75-27-34(71-74-75)26-70-44(78)16-8-5-11-20-97-64-42(31-98-66-60(91)57(88)54(85)40(28-76)101-66)103-67(62(93)59(64)90)99-30-41-63(58(89)61(92)65(95-3)102-41)96-21-12-6-9-18-46(80)81/h13-15,27,33,35,38-42,51,54,57-67,76-77,82,84-85,87-94H,4-12,16-26,28-31,69H2,1-3H3,(H,70,78)(H,73,79)(H,80,81)/b72-43+/t33?,35?,38?,39?,40-,41-,42-,51?,54-,57+,58-,59-,60-,61-,62-,63-,64-,65+,66+,67+,68+/m1/s1. The van der Waals surface area contributed by atoms with Crippen molar-refractivity contribution in [3.63, 3.8) is 0 Å². The van der Waals surface area contributed by atoms with Crippen LogP contribution in [0.4, 0.5) is 0 Å². The highest BCUT2D eigenvalue weighted by molar-refractivity contribution is 6.31. The molecule has 4 fully saturated rings. The molecule has 103 heavy (non-hydrogen) atoms. The fourth-order valence-corrected chi connectivity index (χ4v) is 14.1. The van der Waals surface area contributed by atoms with E-state index in [2.05, 4.69) is 26.2 Å². The Labute approximate surface area is 592 Å². The van der Waals surface area contributed by atoms with E-state index in [0.717, 1.165) is 0 Å². The molecular formula is C68H99N7O28. The highest BCUT2D eigenvalue weighted by Gasteiger charge is 2.53. The first kappa shape index (κ1) is 80.8. The molecule has 9 rings (SSSR count). The molecule has 0 spiro atoms. The van der Waals surface area contributed by atoms with Crippen molar-refractivity contribution in [2.75, 3.05) is 46.8 Å². The van der Waals surface area contributed by atoms with Gasteiger partial charge in [-0.15, -0.1) is 5.10 Å². The number of aryl methyl sites for hydroxylation is 2. The third-order valence-electron chi connectivity index (χ3n) is 19.9. The van der Waals surface area contributed by atoms with Gasteiger partial charge in [0.15, 0.2) is 30.4 Å². The Bertz CT molecular complexity index is 3390. The number of carbonyl (C=O) groups is 5. The van der Waals surface area contributed by atoms with E-state index in [1.807, 2.05) is 0 Å². The second-order valence-electron chi connectivity index (χ2n) is 27.4. The maximum absolute atomic E-state index is 14.1. The van der Waals surface area contributed by atoms with Gasteiger partial charge in [-0.3, -0.25) is 28.7 Å². The van der Waals surface area contributed by atoms with E-state index >= 15 is 0 Å². The van der Waals surface area contributed by atoms with Gasteiger partial charge in [0, 0.05) is 87.3 Å². The van der Waals surface area contributed by atoms with E-state index in [0.29, 0.717) is 82.0 Å². The molecule has 3 aromatic rings. The molecule has 574 valence electrons. The molecule has 4 heterocycles. The van der Waals surface area contributed by atoms with Crippen LogP contribution in [0.3, 0.4) is 0 Å². The summed E-state index contributed by atoms with van der Waals surface area (Å²) in [6.07, 6.45) is -20.1. The number of amides is 2. The van der Waals surface area contributed by atoms with Crippen LogP contribution in [-0.4, -0.2) is 284 Å². The van der Waals surface area contributed by atoms with E-state index in [1.165, 1.54) is 13.2 Å². The smallest absolute Gasteiger partial charge is 0.303 e. The van der Waals surface area contributed by atoms with Gasteiger partial charge in [-0.2, -0.15) is 5.10 Å². The van der Waals surface area contributed by atoms with Crippen molar-refractivity contribution in [2.45, 2.75) is 252 Å². The maximum Gasteiger partial charge on any atom is 0.303 e. The average molecular weight is 1460 g/mol. The van der Waals surface area contributed by atoms with E-state index < -0.39 is 201 Å². The number of ether oxygens (including phenoxy) is 9. The van der Waals surface area contributed by atoms with Gasteiger partial charge in [0.2, 0.25) is 11.8 Å². The number of aliphatic carboxylic acids is 1. The number of phenolic OH excluding ortho intramolecular Hbond substituents is 2. The summed E-state index contributed by atoms with van der Waals surface area (Å²) < 4.78 is 54.4. The minimum Gasteiger partial charge on any atom is -0.507 e. The van der Waals surface area contributed by atoms with Crippen LogP contribution in [-0.2, 0) is 76.5 Å². The Balaban J connectivity index is 0.715. The van der Waals surface area contributed by atoms with Crippen molar-refractivity contribution >= 4 is 35.1 Å². The van der Waals surface area contributed by atoms with Gasteiger partial charge in [-0.05, 0) is 69.8 Å². The quantitative estimate of drug-likeness (QED) is 0.00995. The lowest BCUT2D eigenvalue weighted by atomic mass is 9.71. The Morgan fingerprint density at radius 2 is 1.29 bits per heavy atom. The SMILES string of the molecule is CO[C@H]1O[C@H](CO[C@H]2O[C@H](CO[C@H]3O[C@H](CO)[C@@H](O)[C@H](O)[C@H]3O)[C@@H](OCCCCCC(=O)NCc3cn(CCCCCC(=O)N/N=C(\CO)[C@]4(O)Cc5c(O)c6c(c(O)c5C(OC5CC(C)C(O)C(N)C5)C4)C(=O)c4c(C)cccc4C6=O)nn3)[C@H](O)[C@H]2O)[C@@H](OCCCCCC(=O)O)[C@H](O)[C@H]1O. The zero-order valence-electron chi connectivity index (χ0n) is 57.7. The number of nitrogens with one attached hydrogen (secondary N) is 2. The largest absolute Gasteiger partial charge is 0.507 e. The van der Waals surface area contributed by atoms with Crippen LogP contribution < -0.4 is 16.5 Å². The number of carbonyl (C=O) groups excluding carboxylic acids is 4. The van der Waals surface area contributed by atoms with Crippen LogP contribution in [0.1, 0.15) is 164 Å². The molecule has 35 nitrogen and oxygen atoms in total. The summed E-state index contributed by atoms with van der Waals surface area (Å²) in [4.78, 5) is 65.2. The Kier molecular flexibility index (Phi) is 28.9. The molecule has 6 aliphatic rings. The first-order valence-corrected chi connectivity index (χ1v) is 35.0. The lowest BCUT2D eigenvalue weighted by Gasteiger charge is -2.45. The summed E-state index contributed by atoms with van der Waals surface area (Å²) in [6.45, 7) is 1.33. The lowest BCUT2D eigenvalue weighted by molar-refractivity contribution is -0.345. The summed E-state index contributed by atoms with van der Waals surface area (Å²) >= 11 is 0. The van der Waals surface area contributed by atoms with Crippen molar-refractivity contribution in [3.8, 4) is 11.5 Å². The molecule has 1 saturated carbocycles. The monoisotopic (exact) mass is 1460 g/mol. The minimum absolute atomic E-state index is 0.00896. The number of nitrogens with zero attached hydrogens (tertiary/aromatic N) is 4. The third-order valence-corrected chi connectivity index (χ3v) is 19.9. The highest BCUT2D eigenvalue weighted by Crippen LogP contribution is 2.53. The second kappa shape index (κ2) is 36.8. The fourth-order valence-electron chi connectivity index (χ4n) is 14.1. The fraction of sp³-hybridized carbons (Fsp3) is 0.706. The summed E-state index contributed by atoms with van der Waals surface area (Å²) in [5.74, 6) is -4.77. The zero-order valence-corrected chi connectivity index (χ0v) is 57.7. The number of hydrogen-bond acceptors (Lipinski definition) is 31. The van der Waals surface area contributed by atoms with E-state index in [1.54, 1.807) is 36.9 Å². The number of nitrogens with two attached hydrogens (primary N) is 1. The number of phenols is 2. The number of carboxylic acid groups (broad SMARTS) is 1. The number of fused-ring (bicyclic) bond motifs is 3. The van der Waals surface area contributed by atoms with Crippen molar-refractivity contribution in [1.82, 2.24) is 25.7 Å². The normalized spacial score (nSPS) is 32.4. The average Bonchev–Trinajstić information content (AvgIpc) is 0.802. The minimum atomic E-state index is -2.14. The Morgan fingerprint density at radius 1 is 0.699 bits per heavy atom. The molecule has 2 aromatic carbocycles. The summed E-state index contributed by atoms with van der Waals surface area (Å²) in [7, 11) is 1.24. The van der Waals surface area contributed by atoms with Crippen LogP contribution in [0, 0.1) is 12.8 Å². The number of aromatic hydroxyl groups is 2. The predicted octanol–water partition coefficient (Wildman–Crippen LogP) is -2.32. The molecule has 35 heteroatoms. The molecule has 3 aliphatic heterocycles. The zero-order chi connectivity index (χ0) is 74.6. The van der Waals surface area contributed by atoms with E-state index in [9.17, 15) is 90.4 Å². The van der Waals surface area contributed by atoms with Gasteiger partial charge in [0.25, 0.3) is 0 Å². The molecule has 5 unspecified atom stereocenters. The van der Waals surface area contributed by atoms with Crippen LogP contribution in [0.15, 0.2) is 29.5 Å².